The summed E-state index contributed by atoms with van der Waals surface area (Å²) < 4.78 is 11.4. The van der Waals surface area contributed by atoms with Gasteiger partial charge in [-0.1, -0.05) is 62.9 Å². The number of benzene rings is 2. The average Bonchev–Trinajstić information content (AvgIpc) is 2.78. The van der Waals surface area contributed by atoms with Gasteiger partial charge in [0.05, 0.1) is 12.2 Å². The van der Waals surface area contributed by atoms with Gasteiger partial charge in [0.1, 0.15) is 11.9 Å². The van der Waals surface area contributed by atoms with Crippen LogP contribution in [0.15, 0.2) is 48.5 Å². The molecule has 1 heterocycles. The molecule has 0 aliphatic carbocycles. The fraction of sp³-hybridized carbons (Fsp3) is 0.480. The lowest BCUT2D eigenvalue weighted by Gasteiger charge is -2.38. The Morgan fingerprint density at radius 1 is 0.933 bits per heavy atom. The van der Waals surface area contributed by atoms with E-state index in [9.17, 15) is 4.79 Å². The molecule has 0 fully saturated rings. The first-order valence-electron chi connectivity index (χ1n) is 11.1. The molecule has 1 aliphatic heterocycles. The first-order chi connectivity index (χ1) is 14.8. The molecule has 0 saturated heterocycles. The second-order valence-electron chi connectivity index (χ2n) is 7.74. The van der Waals surface area contributed by atoms with Crippen molar-refractivity contribution in [3.05, 3.63) is 59.7 Å². The van der Waals surface area contributed by atoms with E-state index >= 15 is 0 Å². The van der Waals surface area contributed by atoms with Gasteiger partial charge in [-0.2, -0.15) is 0 Å². The van der Waals surface area contributed by atoms with Crippen LogP contribution < -0.4 is 10.1 Å². The zero-order chi connectivity index (χ0) is 21.2. The van der Waals surface area contributed by atoms with Gasteiger partial charge in [0, 0.05) is 31.5 Å². The Hall–Kier alpha value is -2.53. The molecule has 2 aromatic rings. The molecular formula is C25H34N2O3. The van der Waals surface area contributed by atoms with E-state index in [0.29, 0.717) is 25.3 Å². The van der Waals surface area contributed by atoms with Gasteiger partial charge >= 0.3 is 0 Å². The summed E-state index contributed by atoms with van der Waals surface area (Å²) in [4.78, 5) is 15.2. The molecule has 1 unspecified atom stereocenters. The first-order valence-corrected chi connectivity index (χ1v) is 11.1. The van der Waals surface area contributed by atoms with Crippen molar-refractivity contribution in [2.75, 3.05) is 32.2 Å². The molecule has 1 N–H and O–H groups in total. The lowest BCUT2D eigenvalue weighted by molar-refractivity contribution is 0.0657. The molecule has 5 heteroatoms. The van der Waals surface area contributed by atoms with Crippen LogP contribution in [0.1, 0.15) is 67.5 Å². The third kappa shape index (κ3) is 5.54. The third-order valence-electron chi connectivity index (χ3n) is 5.49. The summed E-state index contributed by atoms with van der Waals surface area (Å²) in [5.41, 5.74) is 2.57. The number of carbonyl (C=O) groups excluding carboxylic acids is 1. The van der Waals surface area contributed by atoms with Gasteiger partial charge in [-0.25, -0.2) is 0 Å². The fourth-order valence-electron chi connectivity index (χ4n) is 3.87. The predicted molar refractivity (Wildman–Crippen MR) is 121 cm³/mol. The molecule has 3 rings (SSSR count). The number of carbonyl (C=O) groups is 1. The van der Waals surface area contributed by atoms with E-state index in [1.165, 1.54) is 25.7 Å². The van der Waals surface area contributed by atoms with Crippen molar-refractivity contribution in [3.63, 3.8) is 0 Å². The maximum absolute atomic E-state index is 13.3. The topological polar surface area (TPSA) is 50.8 Å². The molecule has 0 bridgehead atoms. The van der Waals surface area contributed by atoms with Crippen molar-refractivity contribution >= 4 is 11.6 Å². The number of ether oxygens (including phenoxy) is 2. The largest absolute Gasteiger partial charge is 0.493 e. The minimum Gasteiger partial charge on any atom is -0.493 e. The third-order valence-corrected chi connectivity index (χ3v) is 5.49. The van der Waals surface area contributed by atoms with Crippen LogP contribution >= 0.6 is 0 Å². The van der Waals surface area contributed by atoms with E-state index in [1.54, 1.807) is 7.11 Å². The lowest BCUT2D eigenvalue weighted by atomic mass is 10.0. The number of methoxy groups -OCH3 is 1. The quantitative estimate of drug-likeness (QED) is 0.460. The Bertz CT molecular complexity index is 808. The van der Waals surface area contributed by atoms with Crippen molar-refractivity contribution < 1.29 is 14.3 Å². The van der Waals surface area contributed by atoms with Crippen LogP contribution in [0, 0.1) is 0 Å². The van der Waals surface area contributed by atoms with Crippen molar-refractivity contribution in [1.82, 2.24) is 4.90 Å². The van der Waals surface area contributed by atoms with Crippen LogP contribution in [-0.2, 0) is 4.74 Å². The molecule has 1 aliphatic rings. The molecule has 0 saturated carbocycles. The minimum absolute atomic E-state index is 0.0415. The van der Waals surface area contributed by atoms with Crippen molar-refractivity contribution in [3.8, 4) is 5.75 Å². The van der Waals surface area contributed by atoms with E-state index in [2.05, 4.69) is 18.3 Å². The molecule has 5 nitrogen and oxygen atoms in total. The highest BCUT2D eigenvalue weighted by Crippen LogP contribution is 2.36. The van der Waals surface area contributed by atoms with Crippen LogP contribution in [-0.4, -0.2) is 37.7 Å². The molecule has 0 spiro atoms. The minimum atomic E-state index is -0.263. The number of unbranched alkanes of at least 4 members (excludes halogenated alkanes) is 4. The number of rotatable bonds is 12. The van der Waals surface area contributed by atoms with Crippen molar-refractivity contribution in [1.29, 1.82) is 0 Å². The Kier molecular flexibility index (Phi) is 8.57. The number of nitrogens with one attached hydrogen (secondary N) is 1. The van der Waals surface area contributed by atoms with E-state index in [4.69, 9.17) is 9.47 Å². The predicted octanol–water partition coefficient (Wildman–Crippen LogP) is 5.64. The standard InChI is InChI=1S/C25H34N2O3/c1-3-4-5-6-11-19-30-23-16-10-8-14-21(23)24-26-22-15-9-7-13-20(22)25(28)27(24)17-12-18-29-2/h7-10,13-16,24,26H,3-6,11-12,17-19H2,1-2H3. The second-order valence-corrected chi connectivity index (χ2v) is 7.74. The Morgan fingerprint density at radius 2 is 1.70 bits per heavy atom. The normalized spacial score (nSPS) is 15.6. The van der Waals surface area contributed by atoms with Gasteiger partial charge in [0.15, 0.2) is 0 Å². The summed E-state index contributed by atoms with van der Waals surface area (Å²) in [6.07, 6.45) is 6.53. The zero-order valence-electron chi connectivity index (χ0n) is 18.2. The number of hydrogen-bond acceptors (Lipinski definition) is 4. The Balaban J connectivity index is 1.78. The summed E-state index contributed by atoms with van der Waals surface area (Å²) in [6, 6.07) is 15.7. The highest BCUT2D eigenvalue weighted by atomic mass is 16.5. The molecule has 2 aromatic carbocycles. The van der Waals surface area contributed by atoms with Gasteiger partial charge in [0.2, 0.25) is 0 Å². The van der Waals surface area contributed by atoms with E-state index in [-0.39, 0.29) is 12.1 Å². The summed E-state index contributed by atoms with van der Waals surface area (Å²) in [7, 11) is 1.69. The Morgan fingerprint density at radius 3 is 2.53 bits per heavy atom. The van der Waals surface area contributed by atoms with Gasteiger partial charge in [-0.3, -0.25) is 4.79 Å². The number of para-hydroxylation sites is 2. The SMILES string of the molecule is CCCCCCCOc1ccccc1C1Nc2ccccc2C(=O)N1CCCOC. The molecule has 30 heavy (non-hydrogen) atoms. The molecule has 1 atom stereocenters. The summed E-state index contributed by atoms with van der Waals surface area (Å²) >= 11 is 0. The smallest absolute Gasteiger partial charge is 0.257 e. The molecule has 1 amide bonds. The van der Waals surface area contributed by atoms with Gasteiger partial charge < -0.3 is 19.7 Å². The number of anilines is 1. The van der Waals surface area contributed by atoms with E-state index in [0.717, 1.165) is 29.8 Å². The Labute approximate surface area is 180 Å². The van der Waals surface area contributed by atoms with Gasteiger partial charge in [0.25, 0.3) is 5.91 Å². The monoisotopic (exact) mass is 410 g/mol. The van der Waals surface area contributed by atoms with Crippen LogP contribution in [0.5, 0.6) is 5.75 Å². The van der Waals surface area contributed by atoms with Crippen LogP contribution in [0.3, 0.4) is 0 Å². The maximum Gasteiger partial charge on any atom is 0.257 e. The molecular weight excluding hydrogens is 376 g/mol. The number of amides is 1. The number of fused-ring (bicyclic) bond motifs is 1. The summed E-state index contributed by atoms with van der Waals surface area (Å²) in [5.74, 6) is 0.884. The zero-order valence-corrected chi connectivity index (χ0v) is 18.2. The van der Waals surface area contributed by atoms with Crippen molar-refractivity contribution in [2.45, 2.75) is 51.6 Å². The number of hydrogen-bond donors (Lipinski definition) is 1. The molecule has 0 aromatic heterocycles. The summed E-state index contributed by atoms with van der Waals surface area (Å²) in [6.45, 7) is 4.15. The van der Waals surface area contributed by atoms with Gasteiger partial charge in [-0.15, -0.1) is 0 Å². The first kappa shape index (κ1) is 22.2. The highest BCUT2D eigenvalue weighted by molar-refractivity contribution is 6.01. The van der Waals surface area contributed by atoms with Crippen LogP contribution in [0.25, 0.3) is 0 Å². The van der Waals surface area contributed by atoms with Crippen molar-refractivity contribution in [2.24, 2.45) is 0 Å². The average molecular weight is 411 g/mol. The van der Waals surface area contributed by atoms with Gasteiger partial charge in [-0.05, 0) is 31.0 Å². The molecule has 162 valence electrons. The van der Waals surface area contributed by atoms with Crippen LogP contribution in [0.2, 0.25) is 0 Å². The van der Waals surface area contributed by atoms with E-state index < -0.39 is 0 Å². The summed E-state index contributed by atoms with van der Waals surface area (Å²) in [5, 5.41) is 3.56. The lowest BCUT2D eigenvalue weighted by Crippen LogP contribution is -2.43. The fourth-order valence-corrected chi connectivity index (χ4v) is 3.87. The van der Waals surface area contributed by atoms with E-state index in [1.807, 2.05) is 47.4 Å². The highest BCUT2D eigenvalue weighted by Gasteiger charge is 2.33. The molecule has 0 radical (unpaired) electrons. The second kappa shape index (κ2) is 11.6. The maximum atomic E-state index is 13.3. The number of nitrogens with zero attached hydrogens (tertiary/aromatic N) is 1. The van der Waals surface area contributed by atoms with Crippen LogP contribution in [0.4, 0.5) is 5.69 Å².